The van der Waals surface area contributed by atoms with Gasteiger partial charge in [-0.1, -0.05) is 0 Å². The standard InChI is InChI=1S/C10H15NO4S/c1-8-6-9(4-5-11-8)10(2,12)7-15-16(3,13)14/h4-6,12H,7H2,1-3H3/t10-/m1/s1. The summed E-state index contributed by atoms with van der Waals surface area (Å²) < 4.78 is 26.3. The van der Waals surface area contributed by atoms with E-state index >= 15 is 0 Å². The molecule has 1 rings (SSSR count). The Morgan fingerprint density at radius 1 is 1.56 bits per heavy atom. The van der Waals surface area contributed by atoms with E-state index in [1.165, 1.54) is 6.92 Å². The Morgan fingerprint density at radius 3 is 2.69 bits per heavy atom. The zero-order valence-electron chi connectivity index (χ0n) is 9.47. The lowest BCUT2D eigenvalue weighted by atomic mass is 9.98. The van der Waals surface area contributed by atoms with Crippen LogP contribution in [0.5, 0.6) is 0 Å². The van der Waals surface area contributed by atoms with Crippen molar-refractivity contribution in [2.75, 3.05) is 12.9 Å². The molecule has 0 spiro atoms. The zero-order chi connectivity index (χ0) is 12.4. The van der Waals surface area contributed by atoms with Crippen molar-refractivity contribution < 1.29 is 17.7 Å². The summed E-state index contributed by atoms with van der Waals surface area (Å²) >= 11 is 0. The van der Waals surface area contributed by atoms with Crippen molar-refractivity contribution in [1.29, 1.82) is 0 Å². The van der Waals surface area contributed by atoms with Crippen LogP contribution in [0.1, 0.15) is 18.2 Å². The van der Waals surface area contributed by atoms with E-state index in [-0.39, 0.29) is 6.61 Å². The van der Waals surface area contributed by atoms with Gasteiger partial charge < -0.3 is 5.11 Å². The van der Waals surface area contributed by atoms with Gasteiger partial charge in [0.1, 0.15) is 5.60 Å². The van der Waals surface area contributed by atoms with Gasteiger partial charge in [0.05, 0.1) is 12.9 Å². The molecule has 1 atom stereocenters. The topological polar surface area (TPSA) is 76.5 Å². The summed E-state index contributed by atoms with van der Waals surface area (Å²) in [5.74, 6) is 0. The molecule has 0 saturated heterocycles. The molecule has 0 aromatic carbocycles. The minimum atomic E-state index is -3.55. The maximum atomic E-state index is 10.8. The predicted molar refractivity (Wildman–Crippen MR) is 59.3 cm³/mol. The molecule has 1 heterocycles. The number of aliphatic hydroxyl groups is 1. The van der Waals surface area contributed by atoms with Crippen molar-refractivity contribution in [3.63, 3.8) is 0 Å². The van der Waals surface area contributed by atoms with Gasteiger partial charge in [0.2, 0.25) is 0 Å². The third-order valence-electron chi connectivity index (χ3n) is 2.07. The molecular weight excluding hydrogens is 230 g/mol. The quantitative estimate of drug-likeness (QED) is 0.785. The Hall–Kier alpha value is -0.980. The maximum absolute atomic E-state index is 10.8. The zero-order valence-corrected chi connectivity index (χ0v) is 10.3. The third-order valence-corrected chi connectivity index (χ3v) is 2.62. The van der Waals surface area contributed by atoms with Gasteiger partial charge in [-0.05, 0) is 31.5 Å². The fraction of sp³-hybridized carbons (Fsp3) is 0.500. The lowest BCUT2D eigenvalue weighted by Crippen LogP contribution is -2.29. The van der Waals surface area contributed by atoms with Crippen LogP contribution in [0.15, 0.2) is 18.3 Å². The Balaban J connectivity index is 2.85. The lowest BCUT2D eigenvalue weighted by Gasteiger charge is -2.22. The molecular formula is C10H15NO4S. The highest BCUT2D eigenvalue weighted by molar-refractivity contribution is 7.85. The van der Waals surface area contributed by atoms with Crippen molar-refractivity contribution in [3.05, 3.63) is 29.6 Å². The van der Waals surface area contributed by atoms with Crippen LogP contribution in [-0.2, 0) is 19.9 Å². The van der Waals surface area contributed by atoms with Crippen LogP contribution in [0.3, 0.4) is 0 Å². The molecule has 0 aliphatic carbocycles. The summed E-state index contributed by atoms with van der Waals surface area (Å²) in [4.78, 5) is 3.99. The maximum Gasteiger partial charge on any atom is 0.264 e. The van der Waals surface area contributed by atoms with Gasteiger partial charge in [0.25, 0.3) is 10.1 Å². The van der Waals surface area contributed by atoms with Crippen molar-refractivity contribution in [2.45, 2.75) is 19.4 Å². The van der Waals surface area contributed by atoms with Crippen molar-refractivity contribution in [3.8, 4) is 0 Å². The summed E-state index contributed by atoms with van der Waals surface area (Å²) in [6.07, 6.45) is 2.50. The van der Waals surface area contributed by atoms with E-state index in [4.69, 9.17) is 0 Å². The average Bonchev–Trinajstić information content (AvgIpc) is 2.14. The second kappa shape index (κ2) is 4.48. The molecule has 0 bridgehead atoms. The van der Waals surface area contributed by atoms with Crippen LogP contribution in [0.2, 0.25) is 0 Å². The normalized spacial score (nSPS) is 15.8. The van der Waals surface area contributed by atoms with Gasteiger partial charge >= 0.3 is 0 Å². The summed E-state index contributed by atoms with van der Waals surface area (Å²) in [7, 11) is -3.55. The largest absolute Gasteiger partial charge is 0.383 e. The number of hydrogen-bond acceptors (Lipinski definition) is 5. The Kier molecular flexibility index (Phi) is 3.67. The molecule has 0 radical (unpaired) electrons. The SMILES string of the molecule is Cc1cc([C@](C)(O)COS(C)(=O)=O)ccn1. The fourth-order valence-electron chi connectivity index (χ4n) is 1.19. The summed E-state index contributed by atoms with van der Waals surface area (Å²) in [5, 5.41) is 10.1. The Morgan fingerprint density at radius 2 is 2.19 bits per heavy atom. The van der Waals surface area contributed by atoms with Crippen molar-refractivity contribution in [2.24, 2.45) is 0 Å². The minimum Gasteiger partial charge on any atom is -0.383 e. The van der Waals surface area contributed by atoms with Gasteiger partial charge in [-0.3, -0.25) is 9.17 Å². The molecule has 16 heavy (non-hydrogen) atoms. The highest BCUT2D eigenvalue weighted by Crippen LogP contribution is 2.21. The van der Waals surface area contributed by atoms with E-state index in [1.54, 1.807) is 25.3 Å². The van der Waals surface area contributed by atoms with Crippen LogP contribution in [0.4, 0.5) is 0 Å². The number of hydrogen-bond donors (Lipinski definition) is 1. The summed E-state index contributed by atoms with van der Waals surface area (Å²) in [6.45, 7) is 2.97. The van der Waals surface area contributed by atoms with E-state index in [2.05, 4.69) is 9.17 Å². The highest BCUT2D eigenvalue weighted by Gasteiger charge is 2.25. The summed E-state index contributed by atoms with van der Waals surface area (Å²) in [5.41, 5.74) is -0.0302. The van der Waals surface area contributed by atoms with Gasteiger partial charge in [0.15, 0.2) is 0 Å². The molecule has 1 aromatic rings. The van der Waals surface area contributed by atoms with Crippen molar-refractivity contribution >= 4 is 10.1 Å². The van der Waals surface area contributed by atoms with Crippen LogP contribution in [-0.4, -0.2) is 31.4 Å². The molecule has 0 aliphatic rings. The van der Waals surface area contributed by atoms with Gasteiger partial charge in [-0.15, -0.1) is 0 Å². The first kappa shape index (κ1) is 13.1. The van der Waals surface area contributed by atoms with Crippen LogP contribution < -0.4 is 0 Å². The summed E-state index contributed by atoms with van der Waals surface area (Å²) in [6, 6.07) is 3.31. The van der Waals surface area contributed by atoms with Gasteiger partial charge in [-0.2, -0.15) is 8.42 Å². The van der Waals surface area contributed by atoms with E-state index in [9.17, 15) is 13.5 Å². The minimum absolute atomic E-state index is 0.310. The van der Waals surface area contributed by atoms with Crippen LogP contribution in [0, 0.1) is 6.92 Å². The van der Waals surface area contributed by atoms with Crippen LogP contribution >= 0.6 is 0 Å². The molecule has 90 valence electrons. The fourth-order valence-corrected chi connectivity index (χ4v) is 1.63. The lowest BCUT2D eigenvalue weighted by molar-refractivity contribution is 0.00995. The van der Waals surface area contributed by atoms with E-state index < -0.39 is 15.7 Å². The smallest absolute Gasteiger partial charge is 0.264 e. The Bertz CT molecular complexity index is 467. The monoisotopic (exact) mass is 245 g/mol. The predicted octanol–water partition coefficient (Wildman–Crippen LogP) is 0.574. The molecule has 1 N–H and O–H groups in total. The second-order valence-corrected chi connectivity index (χ2v) is 5.57. The van der Waals surface area contributed by atoms with Crippen LogP contribution in [0.25, 0.3) is 0 Å². The molecule has 0 unspecified atom stereocenters. The first-order valence-electron chi connectivity index (χ1n) is 4.71. The molecule has 0 fully saturated rings. The molecule has 1 aromatic heterocycles. The highest BCUT2D eigenvalue weighted by atomic mass is 32.2. The van der Waals surface area contributed by atoms with Gasteiger partial charge in [0, 0.05) is 11.9 Å². The first-order valence-corrected chi connectivity index (χ1v) is 6.52. The van der Waals surface area contributed by atoms with Gasteiger partial charge in [-0.25, -0.2) is 0 Å². The number of nitrogens with zero attached hydrogens (tertiary/aromatic N) is 1. The molecule has 0 saturated carbocycles. The van der Waals surface area contributed by atoms with Crippen molar-refractivity contribution in [1.82, 2.24) is 4.98 Å². The molecule has 0 aliphatic heterocycles. The number of aromatic nitrogens is 1. The molecule has 6 heteroatoms. The van der Waals surface area contributed by atoms with E-state index in [0.717, 1.165) is 11.9 Å². The number of aryl methyl sites for hydroxylation is 1. The van der Waals surface area contributed by atoms with E-state index in [0.29, 0.717) is 5.56 Å². The third kappa shape index (κ3) is 3.88. The molecule has 0 amide bonds. The molecule has 5 nitrogen and oxygen atoms in total. The van der Waals surface area contributed by atoms with E-state index in [1.807, 2.05) is 0 Å². The first-order chi connectivity index (χ1) is 7.21. The average molecular weight is 245 g/mol. The Labute approximate surface area is 95.2 Å². The second-order valence-electron chi connectivity index (χ2n) is 3.93. The number of rotatable bonds is 4. The number of pyridine rings is 1.